The number of anilines is 2. The van der Waals surface area contributed by atoms with Crippen molar-refractivity contribution >= 4 is 17.3 Å². The van der Waals surface area contributed by atoms with E-state index < -0.39 is 5.97 Å². The molecule has 1 heterocycles. The zero-order chi connectivity index (χ0) is 19.1. The molecule has 2 rings (SSSR count). The van der Waals surface area contributed by atoms with Gasteiger partial charge in [0, 0.05) is 30.7 Å². The van der Waals surface area contributed by atoms with E-state index in [1.165, 1.54) is 6.20 Å². The highest BCUT2D eigenvalue weighted by Gasteiger charge is 2.18. The number of rotatable bonds is 9. The molecular formula is C21H28N2O3. The van der Waals surface area contributed by atoms with Crippen LogP contribution in [0, 0.1) is 0 Å². The van der Waals surface area contributed by atoms with Crippen molar-refractivity contribution in [1.82, 2.24) is 4.98 Å². The van der Waals surface area contributed by atoms with E-state index in [4.69, 9.17) is 4.74 Å². The number of hydrogen-bond acceptors (Lipinski definition) is 4. The first-order valence-electron chi connectivity index (χ1n) is 9.21. The highest BCUT2D eigenvalue weighted by molar-refractivity contribution is 5.95. The number of unbranched alkanes of at least 4 members (excludes halogenated alkanes) is 1. The molecule has 5 heteroatoms. The first kappa shape index (κ1) is 19.8. The highest BCUT2D eigenvalue weighted by atomic mass is 16.5. The topological polar surface area (TPSA) is 62.7 Å². The Balaban J connectivity index is 2.45. The van der Waals surface area contributed by atoms with Crippen molar-refractivity contribution in [3.05, 3.63) is 47.8 Å². The molecule has 0 aliphatic rings. The molecule has 0 radical (unpaired) electrons. The molecule has 0 aliphatic heterocycles. The molecule has 0 saturated heterocycles. The molecule has 1 aromatic carbocycles. The van der Waals surface area contributed by atoms with Crippen LogP contribution in [-0.2, 0) is 0 Å². The van der Waals surface area contributed by atoms with Gasteiger partial charge >= 0.3 is 5.97 Å². The van der Waals surface area contributed by atoms with Crippen molar-refractivity contribution in [3.8, 4) is 5.75 Å². The van der Waals surface area contributed by atoms with Gasteiger partial charge in [0.25, 0.3) is 0 Å². The zero-order valence-electron chi connectivity index (χ0n) is 16.0. The fourth-order valence-corrected chi connectivity index (χ4v) is 2.90. The summed E-state index contributed by atoms with van der Waals surface area (Å²) in [6, 6.07) is 7.85. The molecule has 0 spiro atoms. The summed E-state index contributed by atoms with van der Waals surface area (Å²) in [7, 11) is 0. The fraction of sp³-hybridized carbons (Fsp3) is 0.429. The fourth-order valence-electron chi connectivity index (χ4n) is 2.90. The molecule has 0 atom stereocenters. The summed E-state index contributed by atoms with van der Waals surface area (Å²) >= 11 is 0. The first-order chi connectivity index (χ1) is 12.5. The van der Waals surface area contributed by atoms with E-state index in [2.05, 4.69) is 31.8 Å². The summed E-state index contributed by atoms with van der Waals surface area (Å²) in [4.78, 5) is 17.5. The minimum atomic E-state index is -0.982. The summed E-state index contributed by atoms with van der Waals surface area (Å²) in [5.41, 5.74) is 2.90. The molecule has 26 heavy (non-hydrogen) atoms. The monoisotopic (exact) mass is 356 g/mol. The third-order valence-electron chi connectivity index (χ3n) is 4.32. The van der Waals surface area contributed by atoms with Crippen LogP contribution < -0.4 is 9.64 Å². The van der Waals surface area contributed by atoms with Crippen molar-refractivity contribution in [2.45, 2.75) is 46.5 Å². The summed E-state index contributed by atoms with van der Waals surface area (Å²) < 4.78 is 6.03. The largest absolute Gasteiger partial charge is 0.493 e. The van der Waals surface area contributed by atoms with E-state index in [-0.39, 0.29) is 5.56 Å². The lowest BCUT2D eigenvalue weighted by atomic mass is 10.0. The Labute approximate surface area is 155 Å². The number of ether oxygens (including phenoxy) is 1. The molecule has 2 aromatic rings. The van der Waals surface area contributed by atoms with Gasteiger partial charge in [-0.15, -0.1) is 0 Å². The van der Waals surface area contributed by atoms with E-state index in [1.54, 1.807) is 12.3 Å². The number of aromatic nitrogens is 1. The van der Waals surface area contributed by atoms with Crippen LogP contribution in [0.3, 0.4) is 0 Å². The normalized spacial score (nSPS) is 10.8. The third kappa shape index (κ3) is 4.54. The van der Waals surface area contributed by atoms with Crippen molar-refractivity contribution in [2.75, 3.05) is 18.1 Å². The Morgan fingerprint density at radius 2 is 2.04 bits per heavy atom. The maximum Gasteiger partial charge on any atom is 0.339 e. The van der Waals surface area contributed by atoms with Crippen LogP contribution in [0.2, 0.25) is 0 Å². The van der Waals surface area contributed by atoms with Crippen LogP contribution in [0.5, 0.6) is 5.75 Å². The molecule has 1 N–H and O–H groups in total. The van der Waals surface area contributed by atoms with Crippen LogP contribution in [0.4, 0.5) is 11.4 Å². The summed E-state index contributed by atoms with van der Waals surface area (Å²) in [5, 5.41) is 9.48. The van der Waals surface area contributed by atoms with Crippen molar-refractivity contribution < 1.29 is 14.6 Å². The van der Waals surface area contributed by atoms with E-state index in [0.29, 0.717) is 24.8 Å². The van der Waals surface area contributed by atoms with Gasteiger partial charge in [-0.1, -0.05) is 33.3 Å². The predicted octanol–water partition coefficient (Wildman–Crippen LogP) is 5.24. The molecular weight excluding hydrogens is 328 g/mol. The first-order valence-corrected chi connectivity index (χ1v) is 9.21. The van der Waals surface area contributed by atoms with Crippen LogP contribution in [0.1, 0.15) is 62.4 Å². The molecule has 0 aliphatic carbocycles. The molecule has 5 nitrogen and oxygen atoms in total. The van der Waals surface area contributed by atoms with Crippen molar-refractivity contribution in [1.29, 1.82) is 0 Å². The summed E-state index contributed by atoms with van der Waals surface area (Å²) in [6.07, 6.45) is 5.09. The molecule has 1 aromatic heterocycles. The van der Waals surface area contributed by atoms with Crippen LogP contribution in [-0.4, -0.2) is 29.2 Å². The Morgan fingerprint density at radius 3 is 2.65 bits per heavy atom. The standard InChI is InChI=1S/C21H28N2O3/c1-5-7-12-26-20-13-16(8-9-17(20)15(3)4)23(6-2)19-10-11-22-14-18(19)21(24)25/h8-11,13-15H,5-7,12H2,1-4H3,(H,24,25). The smallest absolute Gasteiger partial charge is 0.339 e. The SMILES string of the molecule is CCCCOc1cc(N(CC)c2ccncc2C(=O)O)ccc1C(C)C. The lowest BCUT2D eigenvalue weighted by Gasteiger charge is -2.26. The third-order valence-corrected chi connectivity index (χ3v) is 4.32. The number of nitrogens with zero attached hydrogens (tertiary/aromatic N) is 2. The van der Waals surface area contributed by atoms with Crippen molar-refractivity contribution in [3.63, 3.8) is 0 Å². The van der Waals surface area contributed by atoms with Gasteiger partial charge in [0.05, 0.1) is 12.3 Å². The second-order valence-corrected chi connectivity index (χ2v) is 6.52. The highest BCUT2D eigenvalue weighted by Crippen LogP contribution is 2.35. The Bertz CT molecular complexity index is 744. The summed E-state index contributed by atoms with van der Waals surface area (Å²) in [6.45, 7) is 9.75. The molecule has 0 amide bonds. The van der Waals surface area contributed by atoms with Gasteiger partial charge in [0.2, 0.25) is 0 Å². The number of aromatic carboxylic acids is 1. The van der Waals surface area contributed by atoms with Gasteiger partial charge in [-0.2, -0.15) is 0 Å². The molecule has 0 fully saturated rings. The minimum absolute atomic E-state index is 0.190. The van der Waals surface area contributed by atoms with Gasteiger partial charge in [-0.25, -0.2) is 4.79 Å². The van der Waals surface area contributed by atoms with Crippen LogP contribution in [0.15, 0.2) is 36.7 Å². The number of carbonyl (C=O) groups is 1. The van der Waals surface area contributed by atoms with Gasteiger partial charge in [0.1, 0.15) is 11.3 Å². The zero-order valence-corrected chi connectivity index (χ0v) is 16.0. The molecule has 0 unspecified atom stereocenters. The van der Waals surface area contributed by atoms with E-state index in [1.807, 2.05) is 24.0 Å². The minimum Gasteiger partial charge on any atom is -0.493 e. The van der Waals surface area contributed by atoms with Crippen LogP contribution >= 0.6 is 0 Å². The number of pyridine rings is 1. The second-order valence-electron chi connectivity index (χ2n) is 6.52. The summed E-state index contributed by atoms with van der Waals surface area (Å²) in [5.74, 6) is 0.242. The van der Waals surface area contributed by atoms with E-state index in [0.717, 1.165) is 29.8 Å². The van der Waals surface area contributed by atoms with Gasteiger partial charge in [-0.3, -0.25) is 4.98 Å². The molecule has 140 valence electrons. The van der Waals surface area contributed by atoms with Gasteiger partial charge < -0.3 is 14.7 Å². The van der Waals surface area contributed by atoms with Gasteiger partial charge in [0.15, 0.2) is 0 Å². The number of benzene rings is 1. The Kier molecular flexibility index (Phi) is 7.01. The quantitative estimate of drug-likeness (QED) is 0.623. The van der Waals surface area contributed by atoms with Crippen molar-refractivity contribution in [2.24, 2.45) is 0 Å². The lowest BCUT2D eigenvalue weighted by molar-refractivity contribution is 0.0697. The van der Waals surface area contributed by atoms with Crippen LogP contribution in [0.25, 0.3) is 0 Å². The average Bonchev–Trinajstić information content (AvgIpc) is 2.63. The second kappa shape index (κ2) is 9.22. The maximum atomic E-state index is 11.6. The Hall–Kier alpha value is -2.56. The van der Waals surface area contributed by atoms with E-state index >= 15 is 0 Å². The number of carboxylic acids is 1. The number of hydrogen-bond donors (Lipinski definition) is 1. The maximum absolute atomic E-state index is 11.6. The lowest BCUT2D eigenvalue weighted by Crippen LogP contribution is -2.19. The van der Waals surface area contributed by atoms with E-state index in [9.17, 15) is 9.90 Å². The van der Waals surface area contributed by atoms with Gasteiger partial charge in [-0.05, 0) is 37.0 Å². The average molecular weight is 356 g/mol. The molecule has 0 bridgehead atoms. The molecule has 0 saturated carbocycles. The number of carboxylic acid groups (broad SMARTS) is 1. The predicted molar refractivity (Wildman–Crippen MR) is 105 cm³/mol. The Morgan fingerprint density at radius 1 is 1.27 bits per heavy atom.